The van der Waals surface area contributed by atoms with Crippen LogP contribution < -0.4 is 4.74 Å². The molecule has 0 saturated carbocycles. The third-order valence-corrected chi connectivity index (χ3v) is 4.22. The standard InChI is InChI=1S/C17H22N2O4/c1-5-16(21)18(3)10-17(22)19-7-6-12-8-14(20)15(23-4)9-13(12)11(19)2/h5,8-9,11,20H,1,6-7,10H2,2-4H3. The number of nitrogens with zero attached hydrogens (tertiary/aromatic N) is 2. The van der Waals surface area contributed by atoms with E-state index in [2.05, 4.69) is 6.58 Å². The Bertz CT molecular complexity index is 642. The lowest BCUT2D eigenvalue weighted by atomic mass is 9.92. The van der Waals surface area contributed by atoms with Crippen molar-refractivity contribution in [1.29, 1.82) is 0 Å². The van der Waals surface area contributed by atoms with Crippen LogP contribution in [-0.4, -0.2) is 54.0 Å². The number of amides is 2. The van der Waals surface area contributed by atoms with Crippen molar-refractivity contribution >= 4 is 11.8 Å². The van der Waals surface area contributed by atoms with Gasteiger partial charge < -0.3 is 19.6 Å². The first-order valence-corrected chi connectivity index (χ1v) is 7.45. The molecule has 1 N–H and O–H groups in total. The first-order valence-electron chi connectivity index (χ1n) is 7.45. The molecule has 6 nitrogen and oxygen atoms in total. The van der Waals surface area contributed by atoms with Gasteiger partial charge in [-0.25, -0.2) is 0 Å². The van der Waals surface area contributed by atoms with E-state index in [0.29, 0.717) is 18.7 Å². The zero-order chi connectivity index (χ0) is 17.1. The van der Waals surface area contributed by atoms with Crippen LogP contribution in [0.5, 0.6) is 11.5 Å². The van der Waals surface area contributed by atoms with Crippen LogP contribution in [0.2, 0.25) is 0 Å². The van der Waals surface area contributed by atoms with Gasteiger partial charge >= 0.3 is 0 Å². The molecule has 2 amide bonds. The summed E-state index contributed by atoms with van der Waals surface area (Å²) >= 11 is 0. The summed E-state index contributed by atoms with van der Waals surface area (Å²) in [6.45, 7) is 5.92. The van der Waals surface area contributed by atoms with Crippen LogP contribution in [0.15, 0.2) is 24.8 Å². The zero-order valence-corrected chi connectivity index (χ0v) is 13.7. The Balaban J connectivity index is 2.20. The van der Waals surface area contributed by atoms with Crippen molar-refractivity contribution in [2.75, 3.05) is 27.2 Å². The lowest BCUT2D eigenvalue weighted by Crippen LogP contribution is -2.44. The number of phenolic OH excluding ortho intramolecular Hbond substituents is 1. The van der Waals surface area contributed by atoms with Crippen LogP contribution in [0.1, 0.15) is 24.1 Å². The second kappa shape index (κ2) is 6.73. The second-order valence-corrected chi connectivity index (χ2v) is 5.63. The molecule has 1 atom stereocenters. The van der Waals surface area contributed by atoms with Gasteiger partial charge in [0.1, 0.15) is 0 Å². The molecule has 1 aliphatic rings. The number of carbonyl (C=O) groups excluding carboxylic acids is 2. The van der Waals surface area contributed by atoms with Crippen molar-refractivity contribution < 1.29 is 19.4 Å². The molecular formula is C17H22N2O4. The Morgan fingerprint density at radius 3 is 2.83 bits per heavy atom. The number of ether oxygens (including phenoxy) is 1. The Morgan fingerprint density at radius 1 is 1.52 bits per heavy atom. The lowest BCUT2D eigenvalue weighted by Gasteiger charge is -2.36. The first-order chi connectivity index (χ1) is 10.9. The van der Waals surface area contributed by atoms with Crippen molar-refractivity contribution in [3.05, 3.63) is 35.9 Å². The molecule has 1 unspecified atom stereocenters. The summed E-state index contributed by atoms with van der Waals surface area (Å²) in [6, 6.07) is 3.32. The highest BCUT2D eigenvalue weighted by molar-refractivity contribution is 5.90. The molecule has 0 spiro atoms. The van der Waals surface area contributed by atoms with Gasteiger partial charge in [-0.05, 0) is 42.7 Å². The predicted octanol–water partition coefficient (Wildman–Crippen LogP) is 1.49. The Morgan fingerprint density at radius 2 is 2.22 bits per heavy atom. The molecule has 6 heteroatoms. The molecule has 0 radical (unpaired) electrons. The summed E-state index contributed by atoms with van der Waals surface area (Å²) in [5.41, 5.74) is 1.97. The number of hydrogen-bond donors (Lipinski definition) is 1. The summed E-state index contributed by atoms with van der Waals surface area (Å²) in [6.07, 6.45) is 1.85. The van der Waals surface area contributed by atoms with Crippen molar-refractivity contribution in [2.24, 2.45) is 0 Å². The van der Waals surface area contributed by atoms with E-state index in [0.717, 1.165) is 11.1 Å². The summed E-state index contributed by atoms with van der Waals surface area (Å²) in [5, 5.41) is 9.88. The molecule has 0 bridgehead atoms. The minimum atomic E-state index is -0.282. The fraction of sp³-hybridized carbons (Fsp3) is 0.412. The van der Waals surface area contributed by atoms with Gasteiger partial charge in [-0.15, -0.1) is 0 Å². The van der Waals surface area contributed by atoms with Crippen molar-refractivity contribution in [3.8, 4) is 11.5 Å². The van der Waals surface area contributed by atoms with E-state index in [1.165, 1.54) is 18.1 Å². The van der Waals surface area contributed by atoms with Crippen LogP contribution in [0, 0.1) is 0 Å². The maximum absolute atomic E-state index is 12.5. The predicted molar refractivity (Wildman–Crippen MR) is 86.3 cm³/mol. The number of rotatable bonds is 4. The van der Waals surface area contributed by atoms with E-state index in [-0.39, 0.29) is 30.2 Å². The zero-order valence-electron chi connectivity index (χ0n) is 13.7. The topological polar surface area (TPSA) is 70.1 Å². The minimum absolute atomic E-state index is 0.0136. The number of phenols is 1. The molecule has 0 saturated heterocycles. The van der Waals surface area contributed by atoms with E-state index in [1.54, 1.807) is 24.1 Å². The molecular weight excluding hydrogens is 296 g/mol. The summed E-state index contributed by atoms with van der Waals surface area (Å²) in [5.74, 6) is 0.0984. The number of carbonyl (C=O) groups is 2. The number of hydrogen-bond acceptors (Lipinski definition) is 4. The Labute approximate surface area is 136 Å². The minimum Gasteiger partial charge on any atom is -0.504 e. The second-order valence-electron chi connectivity index (χ2n) is 5.63. The Kier molecular flexibility index (Phi) is 4.93. The monoisotopic (exact) mass is 318 g/mol. The van der Waals surface area contributed by atoms with E-state index < -0.39 is 0 Å². The number of fused-ring (bicyclic) bond motifs is 1. The summed E-state index contributed by atoms with van der Waals surface area (Å²) in [4.78, 5) is 27.1. The molecule has 0 aliphatic carbocycles. The van der Waals surface area contributed by atoms with Gasteiger partial charge in [-0.3, -0.25) is 9.59 Å². The van der Waals surface area contributed by atoms with E-state index in [9.17, 15) is 14.7 Å². The first kappa shape index (κ1) is 16.9. The number of aromatic hydroxyl groups is 1. The van der Waals surface area contributed by atoms with E-state index in [4.69, 9.17) is 4.74 Å². The maximum atomic E-state index is 12.5. The van der Waals surface area contributed by atoms with Gasteiger partial charge in [-0.2, -0.15) is 0 Å². The number of methoxy groups -OCH3 is 1. The van der Waals surface area contributed by atoms with Crippen molar-refractivity contribution in [1.82, 2.24) is 9.80 Å². The van der Waals surface area contributed by atoms with Crippen LogP contribution in [0.4, 0.5) is 0 Å². The molecule has 124 valence electrons. The van der Waals surface area contributed by atoms with Crippen LogP contribution in [0.25, 0.3) is 0 Å². The number of likely N-dealkylation sites (N-methyl/N-ethyl adjacent to an activating group) is 1. The third kappa shape index (κ3) is 3.31. The average molecular weight is 318 g/mol. The molecule has 1 aromatic carbocycles. The largest absolute Gasteiger partial charge is 0.504 e. The lowest BCUT2D eigenvalue weighted by molar-refractivity contribution is -0.139. The van der Waals surface area contributed by atoms with Crippen LogP contribution in [-0.2, 0) is 16.0 Å². The number of benzene rings is 1. The molecule has 1 heterocycles. The van der Waals surface area contributed by atoms with Gasteiger partial charge in [0, 0.05) is 13.6 Å². The average Bonchev–Trinajstić information content (AvgIpc) is 2.53. The molecule has 23 heavy (non-hydrogen) atoms. The van der Waals surface area contributed by atoms with Crippen LogP contribution >= 0.6 is 0 Å². The van der Waals surface area contributed by atoms with E-state index in [1.807, 2.05) is 6.92 Å². The Hall–Kier alpha value is -2.50. The normalized spacial score (nSPS) is 16.5. The fourth-order valence-electron chi connectivity index (χ4n) is 2.87. The summed E-state index contributed by atoms with van der Waals surface area (Å²) in [7, 11) is 3.07. The quantitative estimate of drug-likeness (QED) is 0.854. The van der Waals surface area contributed by atoms with Gasteiger partial charge in [0.25, 0.3) is 0 Å². The van der Waals surface area contributed by atoms with Crippen molar-refractivity contribution in [3.63, 3.8) is 0 Å². The molecule has 2 rings (SSSR count). The third-order valence-electron chi connectivity index (χ3n) is 4.22. The smallest absolute Gasteiger partial charge is 0.246 e. The van der Waals surface area contributed by atoms with Crippen molar-refractivity contribution in [2.45, 2.75) is 19.4 Å². The van der Waals surface area contributed by atoms with E-state index >= 15 is 0 Å². The highest BCUT2D eigenvalue weighted by atomic mass is 16.5. The molecule has 1 aromatic rings. The fourth-order valence-corrected chi connectivity index (χ4v) is 2.87. The highest BCUT2D eigenvalue weighted by Crippen LogP contribution is 2.37. The van der Waals surface area contributed by atoms with Gasteiger partial charge in [0.2, 0.25) is 11.8 Å². The van der Waals surface area contributed by atoms with Gasteiger partial charge in [0.05, 0.1) is 19.7 Å². The van der Waals surface area contributed by atoms with Gasteiger partial charge in [0.15, 0.2) is 11.5 Å². The maximum Gasteiger partial charge on any atom is 0.246 e. The molecule has 1 aliphatic heterocycles. The molecule has 0 fully saturated rings. The van der Waals surface area contributed by atoms with Crippen LogP contribution in [0.3, 0.4) is 0 Å². The molecule has 0 aromatic heterocycles. The van der Waals surface area contributed by atoms with Gasteiger partial charge in [-0.1, -0.05) is 6.58 Å². The summed E-state index contributed by atoms with van der Waals surface area (Å²) < 4.78 is 5.15. The highest BCUT2D eigenvalue weighted by Gasteiger charge is 2.29. The SMILES string of the molecule is C=CC(=O)N(C)CC(=O)N1CCc2cc(O)c(OC)cc2C1C.